The highest BCUT2D eigenvalue weighted by Gasteiger charge is 2.46. The van der Waals surface area contributed by atoms with Gasteiger partial charge in [-0.2, -0.15) is 0 Å². The first kappa shape index (κ1) is 24.8. The van der Waals surface area contributed by atoms with Crippen LogP contribution in [-0.4, -0.2) is 77.7 Å². The van der Waals surface area contributed by atoms with Crippen molar-refractivity contribution >= 4 is 17.4 Å². The molecular weight excluding hydrogens is 448 g/mol. The van der Waals surface area contributed by atoms with Crippen molar-refractivity contribution in [3.8, 4) is 11.5 Å². The molecule has 1 atom stereocenters. The number of ketones is 1. The predicted octanol–water partition coefficient (Wildman–Crippen LogP) is 3.16. The van der Waals surface area contributed by atoms with E-state index in [-0.39, 0.29) is 22.8 Å². The molecule has 2 aliphatic heterocycles. The van der Waals surface area contributed by atoms with Gasteiger partial charge in [0, 0.05) is 31.7 Å². The van der Waals surface area contributed by atoms with Gasteiger partial charge < -0.3 is 24.6 Å². The number of ether oxygens (including phenoxy) is 2. The molecule has 2 aliphatic rings. The largest absolute Gasteiger partial charge is 0.507 e. The maximum Gasteiger partial charge on any atom is 0.295 e. The van der Waals surface area contributed by atoms with E-state index in [0.717, 1.165) is 24.2 Å². The van der Waals surface area contributed by atoms with E-state index in [1.54, 1.807) is 19.1 Å². The molecule has 0 bridgehead atoms. The summed E-state index contributed by atoms with van der Waals surface area (Å²) in [6.07, 6.45) is 0. The number of benzene rings is 2. The van der Waals surface area contributed by atoms with Crippen LogP contribution in [0.2, 0.25) is 0 Å². The number of amides is 1. The molecule has 1 unspecified atom stereocenters. The lowest BCUT2D eigenvalue weighted by Crippen LogP contribution is -2.42. The minimum Gasteiger partial charge on any atom is -0.507 e. The minimum absolute atomic E-state index is 0.0320. The van der Waals surface area contributed by atoms with Gasteiger partial charge in [-0.3, -0.25) is 14.5 Å². The number of aromatic hydroxyl groups is 1. The van der Waals surface area contributed by atoms with E-state index in [1.165, 1.54) is 11.0 Å². The molecule has 186 valence electrons. The second-order valence-electron chi connectivity index (χ2n) is 8.93. The number of phenols is 1. The van der Waals surface area contributed by atoms with E-state index in [4.69, 9.17) is 9.47 Å². The average Bonchev–Trinajstić information content (AvgIpc) is 3.11. The van der Waals surface area contributed by atoms with Crippen molar-refractivity contribution in [2.24, 2.45) is 0 Å². The van der Waals surface area contributed by atoms with Gasteiger partial charge in [0.05, 0.1) is 31.4 Å². The van der Waals surface area contributed by atoms with Gasteiger partial charge in [-0.05, 0) is 50.1 Å². The fraction of sp³-hybridized carbons (Fsp3) is 0.407. The van der Waals surface area contributed by atoms with E-state index >= 15 is 0 Å². The van der Waals surface area contributed by atoms with Crippen LogP contribution in [0.15, 0.2) is 42.0 Å². The molecule has 8 heteroatoms. The summed E-state index contributed by atoms with van der Waals surface area (Å²) in [5.74, 6) is -1.34. The highest BCUT2D eigenvalue weighted by Crippen LogP contribution is 2.42. The summed E-state index contributed by atoms with van der Waals surface area (Å²) >= 11 is 0. The number of carbonyl (C=O) groups excluding carboxylic acids is 2. The molecule has 0 spiro atoms. The Hall–Kier alpha value is -3.36. The number of rotatable bonds is 7. The van der Waals surface area contributed by atoms with E-state index in [1.807, 2.05) is 32.0 Å². The fourth-order valence-corrected chi connectivity index (χ4v) is 4.64. The topological polar surface area (TPSA) is 99.5 Å². The molecule has 0 aromatic heterocycles. The Morgan fingerprint density at radius 1 is 1.09 bits per heavy atom. The van der Waals surface area contributed by atoms with Gasteiger partial charge in [0.1, 0.15) is 5.76 Å². The van der Waals surface area contributed by atoms with Gasteiger partial charge in [0.15, 0.2) is 11.5 Å². The molecule has 2 fully saturated rings. The normalized spacial score (nSPS) is 20.4. The van der Waals surface area contributed by atoms with Crippen LogP contribution in [0.5, 0.6) is 11.5 Å². The lowest BCUT2D eigenvalue weighted by Gasteiger charge is -2.31. The summed E-state index contributed by atoms with van der Waals surface area (Å²) in [5.41, 5.74) is 2.87. The number of aliphatic hydroxyl groups excluding tert-OH is 1. The molecule has 0 radical (unpaired) electrons. The molecule has 4 rings (SSSR count). The van der Waals surface area contributed by atoms with Crippen molar-refractivity contribution in [1.29, 1.82) is 0 Å². The first-order chi connectivity index (χ1) is 16.8. The van der Waals surface area contributed by atoms with E-state index < -0.39 is 17.7 Å². The molecule has 2 saturated heterocycles. The SMILES string of the molecule is CCOc1cc(C2/C(=C(\O)c3cc(C)ccc3C)C(=O)C(=O)N2CCN2CCOCC2)ccc1O. The molecule has 2 N–H and O–H groups in total. The van der Waals surface area contributed by atoms with Crippen molar-refractivity contribution in [2.75, 3.05) is 46.0 Å². The van der Waals surface area contributed by atoms with Gasteiger partial charge >= 0.3 is 0 Å². The average molecular weight is 481 g/mol. The standard InChI is InChI=1S/C27H32N2O6/c1-4-35-22-16-19(7-8-21(22)30)24-23(25(31)20-15-17(2)5-6-18(20)3)26(32)27(33)29(24)10-9-28-11-13-34-14-12-28/h5-8,15-16,24,30-31H,4,9-14H2,1-3H3/b25-23+. The van der Waals surface area contributed by atoms with Gasteiger partial charge in [0.25, 0.3) is 11.7 Å². The highest BCUT2D eigenvalue weighted by molar-refractivity contribution is 6.46. The van der Waals surface area contributed by atoms with Crippen molar-refractivity contribution in [1.82, 2.24) is 9.80 Å². The number of morpholine rings is 1. The van der Waals surface area contributed by atoms with Crippen LogP contribution in [-0.2, 0) is 14.3 Å². The third-order valence-electron chi connectivity index (χ3n) is 6.55. The van der Waals surface area contributed by atoms with E-state index in [0.29, 0.717) is 44.0 Å². The number of carbonyl (C=O) groups is 2. The van der Waals surface area contributed by atoms with Crippen LogP contribution in [0.4, 0.5) is 0 Å². The van der Waals surface area contributed by atoms with Crippen LogP contribution in [0.25, 0.3) is 5.76 Å². The van der Waals surface area contributed by atoms with Gasteiger partial charge in [-0.25, -0.2) is 0 Å². The first-order valence-corrected chi connectivity index (χ1v) is 11.9. The van der Waals surface area contributed by atoms with Crippen LogP contribution in [0.3, 0.4) is 0 Å². The first-order valence-electron chi connectivity index (χ1n) is 11.9. The number of nitrogens with zero attached hydrogens (tertiary/aromatic N) is 2. The van der Waals surface area contributed by atoms with Crippen molar-refractivity contribution in [3.05, 3.63) is 64.2 Å². The highest BCUT2D eigenvalue weighted by atomic mass is 16.5. The maximum atomic E-state index is 13.3. The maximum absolute atomic E-state index is 13.3. The Balaban J connectivity index is 1.81. The van der Waals surface area contributed by atoms with Crippen molar-refractivity contribution in [2.45, 2.75) is 26.8 Å². The minimum atomic E-state index is -0.809. The Kier molecular flexibility index (Phi) is 7.42. The quantitative estimate of drug-likeness (QED) is 0.357. The number of Topliss-reactive ketones (excluding diaryl/α,β-unsaturated/α-hetero) is 1. The smallest absolute Gasteiger partial charge is 0.295 e. The number of hydrogen-bond donors (Lipinski definition) is 2. The zero-order valence-electron chi connectivity index (χ0n) is 20.4. The van der Waals surface area contributed by atoms with E-state index in [2.05, 4.69) is 4.90 Å². The monoisotopic (exact) mass is 480 g/mol. The molecule has 0 aliphatic carbocycles. The number of aryl methyl sites for hydroxylation is 2. The summed E-state index contributed by atoms with van der Waals surface area (Å²) in [6.45, 7) is 9.56. The number of aliphatic hydroxyl groups is 1. The van der Waals surface area contributed by atoms with Crippen LogP contribution < -0.4 is 4.74 Å². The van der Waals surface area contributed by atoms with Gasteiger partial charge in [-0.1, -0.05) is 23.8 Å². The number of hydrogen-bond acceptors (Lipinski definition) is 7. The third kappa shape index (κ3) is 5.04. The summed E-state index contributed by atoms with van der Waals surface area (Å²) in [4.78, 5) is 30.3. The second kappa shape index (κ2) is 10.5. The summed E-state index contributed by atoms with van der Waals surface area (Å²) in [5, 5.41) is 21.6. The molecule has 0 saturated carbocycles. The molecule has 8 nitrogen and oxygen atoms in total. The van der Waals surface area contributed by atoms with Crippen LogP contribution in [0, 0.1) is 13.8 Å². The van der Waals surface area contributed by atoms with Crippen LogP contribution in [0.1, 0.15) is 35.2 Å². The van der Waals surface area contributed by atoms with Crippen molar-refractivity contribution in [3.63, 3.8) is 0 Å². The fourth-order valence-electron chi connectivity index (χ4n) is 4.64. The Morgan fingerprint density at radius 2 is 1.83 bits per heavy atom. The zero-order chi connectivity index (χ0) is 25.1. The molecule has 2 aromatic rings. The predicted molar refractivity (Wildman–Crippen MR) is 131 cm³/mol. The molecular formula is C27H32N2O6. The number of likely N-dealkylation sites (tertiary alicyclic amines) is 1. The third-order valence-corrected chi connectivity index (χ3v) is 6.55. The van der Waals surface area contributed by atoms with Gasteiger partial charge in [-0.15, -0.1) is 0 Å². The molecule has 2 aromatic carbocycles. The lowest BCUT2D eigenvalue weighted by atomic mass is 9.93. The van der Waals surface area contributed by atoms with E-state index in [9.17, 15) is 19.8 Å². The Bertz CT molecular complexity index is 1150. The number of phenolic OH excluding ortho intramolecular Hbond substituents is 1. The van der Waals surface area contributed by atoms with Gasteiger partial charge in [0.2, 0.25) is 0 Å². The summed E-state index contributed by atoms with van der Waals surface area (Å²) < 4.78 is 11.0. The molecule has 1 amide bonds. The van der Waals surface area contributed by atoms with Crippen LogP contribution >= 0.6 is 0 Å². The Morgan fingerprint density at radius 3 is 2.54 bits per heavy atom. The van der Waals surface area contributed by atoms with Crippen molar-refractivity contribution < 1.29 is 29.3 Å². The second-order valence-corrected chi connectivity index (χ2v) is 8.93. The zero-order valence-corrected chi connectivity index (χ0v) is 20.4. The molecule has 35 heavy (non-hydrogen) atoms. The summed E-state index contributed by atoms with van der Waals surface area (Å²) in [6, 6.07) is 9.59. The lowest BCUT2D eigenvalue weighted by molar-refractivity contribution is -0.140. The summed E-state index contributed by atoms with van der Waals surface area (Å²) in [7, 11) is 0. The molecule has 2 heterocycles. The Labute approximate surface area is 205 Å².